The van der Waals surface area contributed by atoms with Crippen molar-refractivity contribution in [2.24, 2.45) is 5.84 Å². The fourth-order valence-corrected chi connectivity index (χ4v) is 1.81. The molecule has 56 valence electrons. The maximum Gasteiger partial charge on any atom is 0.0417 e. The Hall–Kier alpha value is -0.340. The summed E-state index contributed by atoms with van der Waals surface area (Å²) < 4.78 is 0. The highest BCUT2D eigenvalue weighted by Crippen LogP contribution is 2.32. The molecule has 2 nitrogen and oxygen atoms in total. The van der Waals surface area contributed by atoms with Gasteiger partial charge in [0, 0.05) is 12.1 Å². The third-order valence-corrected chi connectivity index (χ3v) is 2.55. The summed E-state index contributed by atoms with van der Waals surface area (Å²) in [5, 5.41) is 2.01. The number of hydrogen-bond acceptors (Lipinski definition) is 2. The summed E-state index contributed by atoms with van der Waals surface area (Å²) in [4.78, 5) is 0. The van der Waals surface area contributed by atoms with Crippen LogP contribution in [0.1, 0.15) is 25.7 Å². The van der Waals surface area contributed by atoms with Gasteiger partial charge in [-0.2, -0.15) is 0 Å². The minimum Gasteiger partial charge on any atom is -0.268 e. The van der Waals surface area contributed by atoms with Crippen LogP contribution < -0.4 is 5.84 Å². The van der Waals surface area contributed by atoms with Crippen LogP contribution in [0.15, 0.2) is 12.2 Å². The first-order valence-electron chi connectivity index (χ1n) is 4.07. The summed E-state index contributed by atoms with van der Waals surface area (Å²) >= 11 is 0. The number of nitrogens with two attached hydrogens (primary N) is 1. The Labute approximate surface area is 61.7 Å². The first kappa shape index (κ1) is 6.38. The van der Waals surface area contributed by atoms with E-state index in [1.165, 1.54) is 25.7 Å². The number of nitrogens with zero attached hydrogens (tertiary/aromatic N) is 1. The van der Waals surface area contributed by atoms with Gasteiger partial charge in [0.15, 0.2) is 0 Å². The Morgan fingerprint density at radius 3 is 2.10 bits per heavy atom. The highest BCUT2D eigenvalue weighted by atomic mass is 15.6. The van der Waals surface area contributed by atoms with E-state index < -0.39 is 0 Å². The van der Waals surface area contributed by atoms with Crippen molar-refractivity contribution < 1.29 is 0 Å². The van der Waals surface area contributed by atoms with Crippen molar-refractivity contribution in [1.82, 2.24) is 5.01 Å². The summed E-state index contributed by atoms with van der Waals surface area (Å²) in [6.07, 6.45) is 9.52. The van der Waals surface area contributed by atoms with Crippen molar-refractivity contribution in [2.75, 3.05) is 0 Å². The Bertz CT molecular complexity index is 137. The summed E-state index contributed by atoms with van der Waals surface area (Å²) in [6.45, 7) is 0. The molecule has 0 aromatic rings. The van der Waals surface area contributed by atoms with E-state index in [0.717, 1.165) is 0 Å². The van der Waals surface area contributed by atoms with Crippen LogP contribution in [0.25, 0.3) is 0 Å². The molecule has 1 heterocycles. The van der Waals surface area contributed by atoms with Crippen LogP contribution in [0.5, 0.6) is 0 Å². The van der Waals surface area contributed by atoms with Crippen molar-refractivity contribution in [1.29, 1.82) is 0 Å². The summed E-state index contributed by atoms with van der Waals surface area (Å²) in [6, 6.07) is 1.43. The molecule has 2 heteroatoms. The molecule has 0 aromatic heterocycles. The Morgan fingerprint density at radius 1 is 1.10 bits per heavy atom. The van der Waals surface area contributed by atoms with Crippen LogP contribution in [0.4, 0.5) is 0 Å². The van der Waals surface area contributed by atoms with Crippen LogP contribution in [0.2, 0.25) is 0 Å². The largest absolute Gasteiger partial charge is 0.268 e. The smallest absolute Gasteiger partial charge is 0.0417 e. The SMILES string of the molecule is NN1[C@@H]2CC/C=C\CC[C@@H]21. The molecule has 0 amide bonds. The number of allylic oxidation sites excluding steroid dienone is 2. The average Bonchev–Trinajstić information content (AvgIpc) is 2.39. The zero-order chi connectivity index (χ0) is 6.97. The van der Waals surface area contributed by atoms with Gasteiger partial charge in [0.05, 0.1) is 0 Å². The maximum absolute atomic E-state index is 5.72. The van der Waals surface area contributed by atoms with Crippen LogP contribution in [-0.4, -0.2) is 17.1 Å². The van der Waals surface area contributed by atoms with E-state index in [0.29, 0.717) is 12.1 Å². The Balaban J connectivity index is 1.94. The van der Waals surface area contributed by atoms with Crippen molar-refractivity contribution in [3.63, 3.8) is 0 Å². The summed E-state index contributed by atoms with van der Waals surface area (Å²) in [5.74, 6) is 5.72. The van der Waals surface area contributed by atoms with Crippen LogP contribution in [0, 0.1) is 0 Å². The van der Waals surface area contributed by atoms with Gasteiger partial charge in [-0.15, -0.1) is 0 Å². The van der Waals surface area contributed by atoms with Gasteiger partial charge in [0.25, 0.3) is 0 Å². The van der Waals surface area contributed by atoms with Crippen molar-refractivity contribution >= 4 is 0 Å². The van der Waals surface area contributed by atoms with Gasteiger partial charge in [0.2, 0.25) is 0 Å². The van der Waals surface area contributed by atoms with Crippen molar-refractivity contribution in [2.45, 2.75) is 37.8 Å². The lowest BCUT2D eigenvalue weighted by Crippen LogP contribution is -2.10. The quantitative estimate of drug-likeness (QED) is 0.308. The first-order chi connectivity index (χ1) is 4.89. The third-order valence-electron chi connectivity index (χ3n) is 2.55. The molecular formula is C8H14N2. The van der Waals surface area contributed by atoms with E-state index in [1.54, 1.807) is 0 Å². The van der Waals surface area contributed by atoms with E-state index in [9.17, 15) is 0 Å². The predicted molar refractivity (Wildman–Crippen MR) is 41.2 cm³/mol. The second-order valence-electron chi connectivity index (χ2n) is 3.21. The normalized spacial score (nSPS) is 48.7. The van der Waals surface area contributed by atoms with Gasteiger partial charge in [-0.05, 0) is 25.7 Å². The number of hydrogen-bond donors (Lipinski definition) is 1. The predicted octanol–water partition coefficient (Wildman–Crippen LogP) is 1.04. The van der Waals surface area contributed by atoms with Crippen molar-refractivity contribution in [3.8, 4) is 0 Å². The molecule has 1 aliphatic heterocycles. The first-order valence-corrected chi connectivity index (χ1v) is 4.07. The molecule has 1 fully saturated rings. The number of fused-ring (bicyclic) bond motifs is 1. The highest BCUT2D eigenvalue weighted by Gasteiger charge is 2.43. The zero-order valence-corrected chi connectivity index (χ0v) is 6.16. The van der Waals surface area contributed by atoms with Crippen LogP contribution in [-0.2, 0) is 0 Å². The fraction of sp³-hybridized carbons (Fsp3) is 0.750. The molecule has 0 saturated carbocycles. The average molecular weight is 138 g/mol. The van der Waals surface area contributed by atoms with Gasteiger partial charge in [0.1, 0.15) is 0 Å². The molecule has 0 radical (unpaired) electrons. The Kier molecular flexibility index (Phi) is 1.51. The maximum atomic E-state index is 5.72. The van der Waals surface area contributed by atoms with Crippen LogP contribution in [0.3, 0.4) is 0 Å². The van der Waals surface area contributed by atoms with E-state index >= 15 is 0 Å². The molecule has 1 unspecified atom stereocenters. The minimum atomic E-state index is 0.713. The topological polar surface area (TPSA) is 29.0 Å². The molecule has 1 saturated heterocycles. The van der Waals surface area contributed by atoms with E-state index in [4.69, 9.17) is 5.84 Å². The third kappa shape index (κ3) is 0.976. The zero-order valence-electron chi connectivity index (χ0n) is 6.16. The van der Waals surface area contributed by atoms with E-state index in [2.05, 4.69) is 12.2 Å². The van der Waals surface area contributed by atoms with Gasteiger partial charge in [-0.3, -0.25) is 5.84 Å². The molecule has 0 bridgehead atoms. The number of hydrazine groups is 1. The lowest BCUT2D eigenvalue weighted by atomic mass is 10.1. The second kappa shape index (κ2) is 2.36. The molecule has 0 spiro atoms. The lowest BCUT2D eigenvalue weighted by Gasteiger charge is -1.96. The molecule has 3 atom stereocenters. The number of rotatable bonds is 0. The molecule has 2 aliphatic rings. The molecule has 10 heavy (non-hydrogen) atoms. The van der Waals surface area contributed by atoms with Crippen LogP contribution >= 0.6 is 0 Å². The summed E-state index contributed by atoms with van der Waals surface area (Å²) in [5.41, 5.74) is 0. The lowest BCUT2D eigenvalue weighted by molar-refractivity contribution is 0.490. The molecule has 0 aromatic carbocycles. The summed E-state index contributed by atoms with van der Waals surface area (Å²) in [7, 11) is 0. The monoisotopic (exact) mass is 138 g/mol. The molecule has 2 N–H and O–H groups in total. The Morgan fingerprint density at radius 2 is 1.60 bits per heavy atom. The van der Waals surface area contributed by atoms with E-state index in [1.807, 2.05) is 5.01 Å². The second-order valence-corrected chi connectivity index (χ2v) is 3.21. The minimum absolute atomic E-state index is 0.713. The highest BCUT2D eigenvalue weighted by molar-refractivity contribution is 5.03. The van der Waals surface area contributed by atoms with Gasteiger partial charge >= 0.3 is 0 Å². The van der Waals surface area contributed by atoms with Gasteiger partial charge in [-0.1, -0.05) is 12.2 Å². The fourth-order valence-electron chi connectivity index (χ4n) is 1.81. The molecule has 1 aliphatic carbocycles. The molecular weight excluding hydrogens is 124 g/mol. The van der Waals surface area contributed by atoms with Gasteiger partial charge < -0.3 is 0 Å². The van der Waals surface area contributed by atoms with Gasteiger partial charge in [-0.25, -0.2) is 5.01 Å². The standard InChI is InChI=1S/C8H14N2/c9-10-7-5-3-1-2-4-6-8(7)10/h1-2,7-8H,3-6,9H2/b2-1-/t7-,8+,10?. The van der Waals surface area contributed by atoms with Crippen molar-refractivity contribution in [3.05, 3.63) is 12.2 Å². The van der Waals surface area contributed by atoms with E-state index in [-0.39, 0.29) is 0 Å². The molecule has 2 rings (SSSR count).